The van der Waals surface area contributed by atoms with E-state index < -0.39 is 5.97 Å². The third kappa shape index (κ3) is 3.94. The molecule has 2 rings (SSSR count). The van der Waals surface area contributed by atoms with Gasteiger partial charge in [0.2, 0.25) is 0 Å². The molecule has 5 heteroatoms. The number of hydrogen-bond acceptors (Lipinski definition) is 3. The third-order valence-electron chi connectivity index (χ3n) is 3.10. The zero-order valence-electron chi connectivity index (χ0n) is 10.8. The number of carboxylic acids is 1. The van der Waals surface area contributed by atoms with Crippen molar-refractivity contribution in [3.05, 3.63) is 28.2 Å². The van der Waals surface area contributed by atoms with E-state index in [0.29, 0.717) is 13.0 Å². The molecule has 0 aliphatic carbocycles. The fourth-order valence-electron chi connectivity index (χ4n) is 1.85. The number of aliphatic carboxylic acids is 1. The Labute approximate surface area is 120 Å². The van der Waals surface area contributed by atoms with Gasteiger partial charge in [0, 0.05) is 11.8 Å². The van der Waals surface area contributed by atoms with Gasteiger partial charge in [-0.2, -0.15) is 0 Å². The van der Waals surface area contributed by atoms with Crippen LogP contribution < -0.4 is 4.74 Å². The summed E-state index contributed by atoms with van der Waals surface area (Å²) in [6.07, 6.45) is 0.668. The fraction of sp³-hybridized carbons (Fsp3) is 0.500. The molecule has 4 nitrogen and oxygen atoms in total. The van der Waals surface area contributed by atoms with E-state index in [1.165, 1.54) is 0 Å². The van der Waals surface area contributed by atoms with Gasteiger partial charge in [0.05, 0.1) is 24.3 Å². The summed E-state index contributed by atoms with van der Waals surface area (Å²) in [4.78, 5) is 10.5. The van der Waals surface area contributed by atoms with Crippen molar-refractivity contribution in [2.24, 2.45) is 5.41 Å². The van der Waals surface area contributed by atoms with E-state index in [1.807, 2.05) is 18.2 Å². The summed E-state index contributed by atoms with van der Waals surface area (Å²) in [5.74, 6) is 0.00144. The van der Waals surface area contributed by atoms with Crippen LogP contribution in [0.4, 0.5) is 0 Å². The molecule has 19 heavy (non-hydrogen) atoms. The second kappa shape index (κ2) is 5.92. The van der Waals surface area contributed by atoms with E-state index in [2.05, 4.69) is 22.9 Å². The molecule has 1 aromatic carbocycles. The first kappa shape index (κ1) is 14.3. The molecule has 1 saturated heterocycles. The lowest BCUT2D eigenvalue weighted by Gasteiger charge is -2.37. The molecule has 0 unspecified atom stereocenters. The third-order valence-corrected chi connectivity index (χ3v) is 3.72. The molecular formula is C14H17BrO4. The average Bonchev–Trinajstić information content (AvgIpc) is 2.33. The minimum absolute atomic E-state index is 0.113. The predicted molar refractivity (Wildman–Crippen MR) is 74.5 cm³/mol. The molecule has 104 valence electrons. The van der Waals surface area contributed by atoms with Crippen LogP contribution in [0.5, 0.6) is 5.75 Å². The molecule has 0 atom stereocenters. The monoisotopic (exact) mass is 328 g/mol. The van der Waals surface area contributed by atoms with Crippen molar-refractivity contribution < 1.29 is 19.4 Å². The summed E-state index contributed by atoms with van der Waals surface area (Å²) in [5.41, 5.74) is 1.10. The van der Waals surface area contributed by atoms with Crippen LogP contribution in [0, 0.1) is 5.41 Å². The second-order valence-corrected chi connectivity index (χ2v) is 6.10. The van der Waals surface area contributed by atoms with Crippen molar-refractivity contribution in [2.75, 3.05) is 19.8 Å². The van der Waals surface area contributed by atoms with Gasteiger partial charge in [0.1, 0.15) is 5.75 Å². The van der Waals surface area contributed by atoms with E-state index in [4.69, 9.17) is 14.6 Å². The van der Waals surface area contributed by atoms with E-state index in [9.17, 15) is 4.79 Å². The van der Waals surface area contributed by atoms with Crippen molar-refractivity contribution in [1.29, 1.82) is 0 Å². The first-order valence-electron chi connectivity index (χ1n) is 6.19. The number of carboxylic acid groups (broad SMARTS) is 1. The maximum absolute atomic E-state index is 10.5. The van der Waals surface area contributed by atoms with Crippen LogP contribution >= 0.6 is 15.9 Å². The first-order chi connectivity index (χ1) is 8.98. The molecule has 1 aliphatic heterocycles. The molecule has 0 saturated carbocycles. The van der Waals surface area contributed by atoms with Gasteiger partial charge < -0.3 is 14.6 Å². The summed E-state index contributed by atoms with van der Waals surface area (Å²) in [7, 11) is 0. The number of carbonyl (C=O) groups is 1. The lowest BCUT2D eigenvalue weighted by atomic mass is 9.90. The Bertz CT molecular complexity index is 469. The molecule has 0 amide bonds. The van der Waals surface area contributed by atoms with Crippen LogP contribution in [0.15, 0.2) is 22.7 Å². The Morgan fingerprint density at radius 1 is 1.53 bits per heavy atom. The Kier molecular flexibility index (Phi) is 4.47. The summed E-state index contributed by atoms with van der Waals surface area (Å²) in [6, 6.07) is 5.70. The van der Waals surface area contributed by atoms with Crippen LogP contribution in [0.25, 0.3) is 0 Å². The van der Waals surface area contributed by atoms with E-state index >= 15 is 0 Å². The van der Waals surface area contributed by atoms with Gasteiger partial charge >= 0.3 is 5.97 Å². The Balaban J connectivity index is 1.92. The predicted octanol–water partition coefficient (Wildman–Crippen LogP) is 2.88. The molecule has 1 aliphatic rings. The number of hydrogen-bond donors (Lipinski definition) is 1. The standard InChI is InChI=1S/C14H17BrO4/c1-14(7-18-8-14)9-19-12-4-2-10(6-11(12)15)3-5-13(16)17/h2,4,6H,3,5,7-9H2,1H3,(H,16,17). The first-order valence-corrected chi connectivity index (χ1v) is 6.99. The van der Waals surface area contributed by atoms with Gasteiger partial charge in [-0.15, -0.1) is 0 Å². The zero-order chi connectivity index (χ0) is 13.9. The summed E-state index contributed by atoms with van der Waals surface area (Å²) in [5, 5.41) is 8.66. The van der Waals surface area contributed by atoms with Crippen LogP contribution in [0.1, 0.15) is 18.9 Å². The fourth-order valence-corrected chi connectivity index (χ4v) is 2.39. The Morgan fingerprint density at radius 3 is 2.79 bits per heavy atom. The zero-order valence-corrected chi connectivity index (χ0v) is 12.4. The highest BCUT2D eigenvalue weighted by Gasteiger charge is 2.34. The van der Waals surface area contributed by atoms with Crippen LogP contribution in [0.3, 0.4) is 0 Å². The van der Waals surface area contributed by atoms with Crippen molar-refractivity contribution in [3.8, 4) is 5.75 Å². The van der Waals surface area contributed by atoms with Crippen LogP contribution in [0.2, 0.25) is 0 Å². The Morgan fingerprint density at radius 2 is 2.26 bits per heavy atom. The molecule has 1 heterocycles. The van der Waals surface area contributed by atoms with E-state index in [1.54, 1.807) is 0 Å². The van der Waals surface area contributed by atoms with Gasteiger partial charge in [0.25, 0.3) is 0 Å². The average molecular weight is 329 g/mol. The molecular weight excluding hydrogens is 312 g/mol. The van der Waals surface area contributed by atoms with Crippen molar-refractivity contribution in [1.82, 2.24) is 0 Å². The Hall–Kier alpha value is -1.07. The summed E-state index contributed by atoms with van der Waals surface area (Å²) < 4.78 is 11.8. The largest absolute Gasteiger partial charge is 0.492 e. The molecule has 1 N–H and O–H groups in total. The molecule has 0 spiro atoms. The van der Waals surface area contributed by atoms with Gasteiger partial charge in [0.15, 0.2) is 0 Å². The maximum atomic E-state index is 10.5. The maximum Gasteiger partial charge on any atom is 0.303 e. The van der Waals surface area contributed by atoms with Gasteiger partial charge in [-0.25, -0.2) is 0 Å². The number of aryl methyl sites for hydroxylation is 1. The van der Waals surface area contributed by atoms with Gasteiger partial charge in [-0.1, -0.05) is 13.0 Å². The van der Waals surface area contributed by atoms with E-state index in [0.717, 1.165) is 29.0 Å². The van der Waals surface area contributed by atoms with Crippen LogP contribution in [-0.4, -0.2) is 30.9 Å². The lowest BCUT2D eigenvalue weighted by molar-refractivity contribution is -0.136. The highest BCUT2D eigenvalue weighted by Crippen LogP contribution is 2.31. The van der Waals surface area contributed by atoms with Crippen molar-refractivity contribution in [2.45, 2.75) is 19.8 Å². The van der Waals surface area contributed by atoms with Gasteiger partial charge in [-0.3, -0.25) is 4.79 Å². The van der Waals surface area contributed by atoms with Gasteiger partial charge in [-0.05, 0) is 40.0 Å². The quantitative estimate of drug-likeness (QED) is 0.872. The normalized spacial score (nSPS) is 16.7. The highest BCUT2D eigenvalue weighted by atomic mass is 79.9. The number of rotatable bonds is 6. The van der Waals surface area contributed by atoms with Crippen molar-refractivity contribution in [3.63, 3.8) is 0 Å². The molecule has 1 fully saturated rings. The molecule has 0 aromatic heterocycles. The van der Waals surface area contributed by atoms with E-state index in [-0.39, 0.29) is 11.8 Å². The number of benzene rings is 1. The highest BCUT2D eigenvalue weighted by molar-refractivity contribution is 9.10. The lowest BCUT2D eigenvalue weighted by Crippen LogP contribution is -2.44. The minimum Gasteiger partial charge on any atom is -0.492 e. The number of halogens is 1. The molecule has 0 radical (unpaired) electrons. The summed E-state index contributed by atoms with van der Waals surface area (Å²) in [6.45, 7) is 4.23. The molecule has 0 bridgehead atoms. The topological polar surface area (TPSA) is 55.8 Å². The van der Waals surface area contributed by atoms with Crippen LogP contribution in [-0.2, 0) is 16.0 Å². The smallest absolute Gasteiger partial charge is 0.303 e. The minimum atomic E-state index is -0.783. The van der Waals surface area contributed by atoms with Crippen molar-refractivity contribution >= 4 is 21.9 Å². The molecule has 1 aromatic rings. The second-order valence-electron chi connectivity index (χ2n) is 5.25. The SMILES string of the molecule is CC1(COc2ccc(CCC(=O)O)cc2Br)COC1. The number of ether oxygens (including phenoxy) is 2. The summed E-state index contributed by atoms with van der Waals surface area (Å²) >= 11 is 3.46.